The molecule has 0 aromatic heterocycles. The van der Waals surface area contributed by atoms with Crippen LogP contribution in [-0.4, -0.2) is 136 Å². The molecule has 14 nitrogen and oxygen atoms in total. The number of methoxy groups -OCH3 is 1. The average molecular weight is 720 g/mol. The summed E-state index contributed by atoms with van der Waals surface area (Å²) in [4.78, 5) is 67.4. The molecule has 1 rings (SSSR count). The first kappa shape index (κ1) is 43.4. The number of morpholine rings is 1. The van der Waals surface area contributed by atoms with Crippen LogP contribution in [0.25, 0.3) is 0 Å². The molecule has 1 saturated heterocycles. The number of carbonyl (C=O) groups excluding carboxylic acids is 5. The zero-order valence-electron chi connectivity index (χ0n) is 28.1. The Morgan fingerprint density at radius 3 is 1.75 bits per heavy atom. The van der Waals surface area contributed by atoms with E-state index in [1.807, 2.05) is 0 Å². The Hall–Kier alpha value is -2.58. The van der Waals surface area contributed by atoms with Crippen LogP contribution in [0.2, 0.25) is 0 Å². The fourth-order valence-electron chi connectivity index (χ4n) is 4.42. The van der Waals surface area contributed by atoms with Crippen molar-refractivity contribution in [2.24, 2.45) is 11.8 Å². The standard InChI is InChI=1S/C29H49F4N5O9S/c1-16(2)11-19(35-25(42)20(14-46-28(30)31)34-22(39)12-38-7-9-45-10-8-38)24(41)36-21(15-47-29(32)33)26(43)37-27(48-17(3)4)23(40)18(5)13-44-6/h16-21,27-29H,7-15H2,1-6H3,(H,34,39)(H,35,42)(H,36,41)(H,37,43)/t18?,19-,20-,21-,27?/m0/s1. The van der Waals surface area contributed by atoms with Gasteiger partial charge in [0.25, 0.3) is 0 Å². The van der Waals surface area contributed by atoms with E-state index in [4.69, 9.17) is 9.47 Å². The number of thioether (sulfide) groups is 1. The second-order valence-electron chi connectivity index (χ2n) is 11.8. The lowest BCUT2D eigenvalue weighted by molar-refractivity contribution is -0.150. The molecular weight excluding hydrogens is 670 g/mol. The molecule has 5 atom stereocenters. The van der Waals surface area contributed by atoms with E-state index in [0.717, 1.165) is 11.8 Å². The van der Waals surface area contributed by atoms with Gasteiger partial charge in [0.15, 0.2) is 5.78 Å². The minimum Gasteiger partial charge on any atom is -0.384 e. The van der Waals surface area contributed by atoms with Crippen molar-refractivity contribution in [1.29, 1.82) is 0 Å². The molecule has 0 spiro atoms. The van der Waals surface area contributed by atoms with E-state index in [9.17, 15) is 41.5 Å². The lowest BCUT2D eigenvalue weighted by Crippen LogP contribution is -2.60. The third-order valence-electron chi connectivity index (χ3n) is 6.72. The fourth-order valence-corrected chi connectivity index (χ4v) is 5.51. The minimum atomic E-state index is -3.30. The van der Waals surface area contributed by atoms with Crippen LogP contribution in [-0.2, 0) is 42.9 Å². The summed E-state index contributed by atoms with van der Waals surface area (Å²) in [6.07, 6.45) is -0.0371. The number of rotatable bonds is 23. The first-order valence-corrected chi connectivity index (χ1v) is 16.5. The summed E-state index contributed by atoms with van der Waals surface area (Å²) >= 11 is 1.09. The molecule has 0 aliphatic carbocycles. The van der Waals surface area contributed by atoms with Crippen LogP contribution < -0.4 is 21.3 Å². The molecule has 1 aliphatic heterocycles. The molecular formula is C29H49F4N5O9S. The number of carbonyl (C=O) groups is 5. The van der Waals surface area contributed by atoms with Crippen molar-refractivity contribution in [2.75, 3.05) is 59.8 Å². The molecule has 1 heterocycles. The molecule has 0 saturated carbocycles. The summed E-state index contributed by atoms with van der Waals surface area (Å²) in [7, 11) is 1.40. The van der Waals surface area contributed by atoms with E-state index in [1.165, 1.54) is 7.11 Å². The Labute approximate surface area is 282 Å². The summed E-state index contributed by atoms with van der Waals surface area (Å²) in [6.45, 7) is 1.66. The van der Waals surface area contributed by atoms with E-state index in [2.05, 4.69) is 30.7 Å². The van der Waals surface area contributed by atoms with Gasteiger partial charge in [-0.15, -0.1) is 11.8 Å². The highest BCUT2D eigenvalue weighted by atomic mass is 32.2. The predicted octanol–water partition coefficient (Wildman–Crippen LogP) is 0.733. The van der Waals surface area contributed by atoms with Crippen LogP contribution in [0.4, 0.5) is 17.6 Å². The average Bonchev–Trinajstić information content (AvgIpc) is 2.99. The monoisotopic (exact) mass is 719 g/mol. The molecule has 0 bridgehead atoms. The number of Topliss-reactive ketones (excluding diaryl/α,β-unsaturated/α-hetero) is 1. The van der Waals surface area contributed by atoms with Gasteiger partial charge in [0.2, 0.25) is 23.6 Å². The van der Waals surface area contributed by atoms with Gasteiger partial charge >= 0.3 is 13.2 Å². The van der Waals surface area contributed by atoms with Crippen LogP contribution in [0.1, 0.15) is 41.0 Å². The smallest absolute Gasteiger partial charge is 0.345 e. The molecule has 0 aromatic carbocycles. The summed E-state index contributed by atoms with van der Waals surface area (Å²) in [5.74, 6) is -4.97. The van der Waals surface area contributed by atoms with E-state index in [0.29, 0.717) is 26.3 Å². The molecule has 0 aromatic rings. The molecule has 19 heteroatoms. The third kappa shape index (κ3) is 17.7. The van der Waals surface area contributed by atoms with Crippen LogP contribution in [0.15, 0.2) is 0 Å². The Bertz CT molecular complexity index is 1030. The summed E-state index contributed by atoms with van der Waals surface area (Å²) in [5.41, 5.74) is 0. The molecule has 0 radical (unpaired) electrons. The number of halogens is 4. The Balaban J connectivity index is 3.16. The van der Waals surface area contributed by atoms with Gasteiger partial charge < -0.3 is 40.2 Å². The van der Waals surface area contributed by atoms with Gasteiger partial charge in [-0.25, -0.2) is 0 Å². The SMILES string of the molecule is COCC(C)C(=O)C(NC(=O)[C@H](COC(F)F)NC(=O)[C@H](CC(C)C)NC(=O)[C@H](COC(F)F)NC(=O)CN1CCOCC1)SC(C)C. The first-order valence-electron chi connectivity index (χ1n) is 15.5. The van der Waals surface area contributed by atoms with Gasteiger partial charge in [-0.05, 0) is 12.3 Å². The Kier molecular flexibility index (Phi) is 20.8. The van der Waals surface area contributed by atoms with Gasteiger partial charge in [0, 0.05) is 31.4 Å². The van der Waals surface area contributed by atoms with E-state index >= 15 is 0 Å². The summed E-state index contributed by atoms with van der Waals surface area (Å²) < 4.78 is 70.7. The lowest BCUT2D eigenvalue weighted by atomic mass is 10.0. The summed E-state index contributed by atoms with van der Waals surface area (Å²) in [5, 5.41) is 8.25. The van der Waals surface area contributed by atoms with Crippen LogP contribution in [0.5, 0.6) is 0 Å². The lowest BCUT2D eigenvalue weighted by Gasteiger charge is -2.28. The number of hydrogen-bond acceptors (Lipinski definition) is 11. The maximum Gasteiger partial charge on any atom is 0.345 e. The number of alkyl halides is 4. The number of hydrogen-bond donors (Lipinski definition) is 4. The van der Waals surface area contributed by atoms with Crippen LogP contribution in [0, 0.1) is 11.8 Å². The number of ketones is 1. The Morgan fingerprint density at radius 2 is 1.25 bits per heavy atom. The van der Waals surface area contributed by atoms with Crippen molar-refractivity contribution in [3.63, 3.8) is 0 Å². The van der Waals surface area contributed by atoms with Gasteiger partial charge in [-0.1, -0.05) is 34.6 Å². The van der Waals surface area contributed by atoms with Crippen molar-refractivity contribution in [1.82, 2.24) is 26.2 Å². The van der Waals surface area contributed by atoms with Crippen molar-refractivity contribution in [3.8, 4) is 0 Å². The fraction of sp³-hybridized carbons (Fsp3) is 0.828. The largest absolute Gasteiger partial charge is 0.384 e. The third-order valence-corrected chi connectivity index (χ3v) is 7.88. The highest BCUT2D eigenvalue weighted by molar-refractivity contribution is 8.01. The van der Waals surface area contributed by atoms with E-state index in [1.54, 1.807) is 39.5 Å². The molecule has 48 heavy (non-hydrogen) atoms. The van der Waals surface area contributed by atoms with Crippen molar-refractivity contribution < 1.29 is 60.5 Å². The van der Waals surface area contributed by atoms with Crippen LogP contribution >= 0.6 is 11.8 Å². The quantitative estimate of drug-likeness (QED) is 0.0867. The molecule has 1 aliphatic rings. The Morgan fingerprint density at radius 1 is 0.750 bits per heavy atom. The highest BCUT2D eigenvalue weighted by Gasteiger charge is 2.34. The second kappa shape index (κ2) is 22.9. The number of nitrogens with zero attached hydrogens (tertiary/aromatic N) is 1. The van der Waals surface area contributed by atoms with Crippen LogP contribution in [0.3, 0.4) is 0 Å². The summed E-state index contributed by atoms with van der Waals surface area (Å²) in [6, 6.07) is -4.77. The maximum absolute atomic E-state index is 13.4. The maximum atomic E-state index is 13.4. The number of ether oxygens (including phenoxy) is 4. The zero-order valence-corrected chi connectivity index (χ0v) is 28.9. The highest BCUT2D eigenvalue weighted by Crippen LogP contribution is 2.20. The van der Waals surface area contributed by atoms with Gasteiger partial charge in [-0.3, -0.25) is 28.9 Å². The van der Waals surface area contributed by atoms with E-state index < -0.39 is 85.3 Å². The predicted molar refractivity (Wildman–Crippen MR) is 167 cm³/mol. The van der Waals surface area contributed by atoms with Crippen molar-refractivity contribution in [2.45, 2.75) is 83.0 Å². The second-order valence-corrected chi connectivity index (χ2v) is 13.5. The zero-order chi connectivity index (χ0) is 36.4. The molecule has 278 valence electrons. The molecule has 4 N–H and O–H groups in total. The van der Waals surface area contributed by atoms with Crippen molar-refractivity contribution in [3.05, 3.63) is 0 Å². The normalized spacial score (nSPS) is 17.1. The van der Waals surface area contributed by atoms with Gasteiger partial charge in [0.1, 0.15) is 23.5 Å². The number of amides is 4. The van der Waals surface area contributed by atoms with Crippen molar-refractivity contribution >= 4 is 41.2 Å². The molecule has 2 unspecified atom stereocenters. The number of nitrogens with one attached hydrogen (secondary N) is 4. The molecule has 1 fully saturated rings. The van der Waals surface area contributed by atoms with Gasteiger partial charge in [-0.2, -0.15) is 17.6 Å². The topological polar surface area (TPSA) is 174 Å². The minimum absolute atomic E-state index is 0.0371. The van der Waals surface area contributed by atoms with E-state index in [-0.39, 0.29) is 30.7 Å². The first-order chi connectivity index (χ1) is 22.5. The van der Waals surface area contributed by atoms with Gasteiger partial charge in [0.05, 0.1) is 39.6 Å². The molecule has 4 amide bonds.